The molecule has 0 radical (unpaired) electrons. The van der Waals surface area contributed by atoms with Gasteiger partial charge in [-0.25, -0.2) is 4.99 Å². The highest BCUT2D eigenvalue weighted by atomic mass is 16.5. The molecule has 9 rings (SSSR count). The fourth-order valence-electron chi connectivity index (χ4n) is 7.45. The summed E-state index contributed by atoms with van der Waals surface area (Å²) in [6.45, 7) is 0. The molecule has 0 saturated carbocycles. The number of ether oxygens (including phenoxy) is 1. The molecule has 46 heavy (non-hydrogen) atoms. The van der Waals surface area contributed by atoms with E-state index in [4.69, 9.17) is 9.73 Å². The topological polar surface area (TPSA) is 69.4 Å². The molecule has 2 aliphatic heterocycles. The predicted octanol–water partition coefficient (Wildman–Crippen LogP) is 8.36. The Hall–Kier alpha value is -5.96. The molecule has 3 aliphatic rings. The van der Waals surface area contributed by atoms with Gasteiger partial charge in [0.25, 0.3) is 0 Å². The van der Waals surface area contributed by atoms with Crippen molar-refractivity contribution >= 4 is 5.84 Å². The van der Waals surface area contributed by atoms with Crippen LogP contribution in [0.3, 0.4) is 0 Å². The Morgan fingerprint density at radius 2 is 1.28 bits per heavy atom. The summed E-state index contributed by atoms with van der Waals surface area (Å²) in [5, 5.41) is 17.5. The molecule has 0 amide bonds. The Kier molecular flexibility index (Phi) is 5.92. The standard InChI is InChI=1S/C41H28N4O/c42-25-26-19-21-30-31-24-29(40-44-38(27-11-3-1-4-12-27)43-39(45-40)28-13-5-2-6-14-28)20-22-32(31)41(35(30)23-26)33-15-7-9-17-36(33)46-37-18-10-8-16-34(37)41/h1-24,38,40,44H,(H,43,45). The lowest BCUT2D eigenvalue weighted by Gasteiger charge is -2.39. The van der Waals surface area contributed by atoms with Crippen LogP contribution >= 0.6 is 0 Å². The number of fused-ring (bicyclic) bond motifs is 9. The van der Waals surface area contributed by atoms with E-state index in [0.29, 0.717) is 5.56 Å². The van der Waals surface area contributed by atoms with Gasteiger partial charge in [-0.3, -0.25) is 5.32 Å². The normalized spacial score (nSPS) is 18.1. The summed E-state index contributed by atoms with van der Waals surface area (Å²) in [4.78, 5) is 5.09. The number of para-hydroxylation sites is 2. The summed E-state index contributed by atoms with van der Waals surface area (Å²) in [5.41, 5.74) is 9.95. The molecular formula is C41H28N4O. The molecule has 1 spiro atoms. The number of benzene rings is 6. The number of amidine groups is 1. The molecule has 2 atom stereocenters. The smallest absolute Gasteiger partial charge is 0.132 e. The molecule has 0 fully saturated rings. The van der Waals surface area contributed by atoms with Crippen molar-refractivity contribution in [3.05, 3.63) is 190 Å². The van der Waals surface area contributed by atoms with E-state index >= 15 is 0 Å². The van der Waals surface area contributed by atoms with Gasteiger partial charge in [-0.05, 0) is 63.7 Å². The van der Waals surface area contributed by atoms with Crippen molar-refractivity contribution in [3.63, 3.8) is 0 Å². The van der Waals surface area contributed by atoms with Crippen LogP contribution in [0.15, 0.2) is 151 Å². The molecule has 0 aromatic heterocycles. The fraction of sp³-hybridized carbons (Fsp3) is 0.0732. The van der Waals surface area contributed by atoms with E-state index in [2.05, 4.69) is 108 Å². The van der Waals surface area contributed by atoms with Gasteiger partial charge in [0.1, 0.15) is 29.7 Å². The lowest BCUT2D eigenvalue weighted by molar-refractivity contribution is 0.409. The maximum atomic E-state index is 10.0. The van der Waals surface area contributed by atoms with Crippen LogP contribution in [0.1, 0.15) is 56.8 Å². The average Bonchev–Trinajstić information content (AvgIpc) is 3.41. The first kappa shape index (κ1) is 26.4. The summed E-state index contributed by atoms with van der Waals surface area (Å²) in [5.74, 6) is 2.51. The molecule has 0 saturated heterocycles. The second kappa shape index (κ2) is 10.3. The SMILES string of the molecule is N#Cc1ccc2c(c1)C1(c3ccccc3Oc3ccccc31)c1ccc(C3NC(c4ccccc4)=NC(c4ccccc4)N3)cc1-2. The van der Waals surface area contributed by atoms with Crippen LogP contribution in [0.2, 0.25) is 0 Å². The minimum atomic E-state index is -0.627. The maximum Gasteiger partial charge on any atom is 0.132 e. The van der Waals surface area contributed by atoms with Crippen LogP contribution in [0.5, 0.6) is 11.5 Å². The number of aliphatic imine (C=N–C) groups is 1. The highest BCUT2D eigenvalue weighted by molar-refractivity contribution is 5.99. The Balaban J connectivity index is 1.24. The van der Waals surface area contributed by atoms with Gasteiger partial charge in [-0.2, -0.15) is 5.26 Å². The average molecular weight is 593 g/mol. The third-order valence-electron chi connectivity index (χ3n) is 9.45. The summed E-state index contributed by atoms with van der Waals surface area (Å²) in [6.07, 6.45) is -0.419. The molecule has 5 nitrogen and oxygen atoms in total. The number of hydrogen-bond acceptors (Lipinski definition) is 5. The molecule has 6 aromatic carbocycles. The minimum Gasteiger partial charge on any atom is -0.457 e. The maximum absolute atomic E-state index is 10.0. The molecule has 2 heterocycles. The molecule has 2 N–H and O–H groups in total. The van der Waals surface area contributed by atoms with Crippen LogP contribution < -0.4 is 15.4 Å². The van der Waals surface area contributed by atoms with E-state index in [1.807, 2.05) is 54.6 Å². The van der Waals surface area contributed by atoms with Crippen molar-refractivity contribution in [2.45, 2.75) is 17.7 Å². The van der Waals surface area contributed by atoms with E-state index in [-0.39, 0.29) is 12.3 Å². The lowest BCUT2D eigenvalue weighted by atomic mass is 9.66. The summed E-state index contributed by atoms with van der Waals surface area (Å²) in [7, 11) is 0. The first-order valence-electron chi connectivity index (χ1n) is 15.5. The number of nitrogens with one attached hydrogen (secondary N) is 2. The van der Waals surface area contributed by atoms with Crippen LogP contribution in [-0.4, -0.2) is 5.84 Å². The number of hydrogen-bond donors (Lipinski definition) is 2. The molecule has 0 bridgehead atoms. The molecule has 218 valence electrons. The van der Waals surface area contributed by atoms with Gasteiger partial charge in [0, 0.05) is 16.7 Å². The Bertz CT molecular complexity index is 2170. The zero-order valence-electron chi connectivity index (χ0n) is 24.8. The zero-order chi connectivity index (χ0) is 30.7. The van der Waals surface area contributed by atoms with E-state index in [9.17, 15) is 5.26 Å². The van der Waals surface area contributed by atoms with Gasteiger partial charge in [0.15, 0.2) is 0 Å². The zero-order valence-corrected chi connectivity index (χ0v) is 24.8. The van der Waals surface area contributed by atoms with Gasteiger partial charge < -0.3 is 10.1 Å². The van der Waals surface area contributed by atoms with Crippen LogP contribution in [-0.2, 0) is 5.41 Å². The Morgan fingerprint density at radius 3 is 2.00 bits per heavy atom. The third kappa shape index (κ3) is 3.88. The molecule has 6 aromatic rings. The Morgan fingerprint density at radius 1 is 0.609 bits per heavy atom. The van der Waals surface area contributed by atoms with Crippen LogP contribution in [0, 0.1) is 11.3 Å². The monoisotopic (exact) mass is 592 g/mol. The summed E-state index contributed by atoms with van der Waals surface area (Å²) < 4.78 is 6.48. The van der Waals surface area contributed by atoms with Crippen molar-refractivity contribution in [2.75, 3.05) is 0 Å². The number of nitrogens with zero attached hydrogens (tertiary/aromatic N) is 2. The second-order valence-corrected chi connectivity index (χ2v) is 11.9. The molecule has 2 unspecified atom stereocenters. The van der Waals surface area contributed by atoms with Gasteiger partial charge in [-0.1, -0.05) is 115 Å². The number of nitriles is 1. The predicted molar refractivity (Wildman–Crippen MR) is 180 cm³/mol. The van der Waals surface area contributed by atoms with Crippen LogP contribution in [0.4, 0.5) is 0 Å². The quantitative estimate of drug-likeness (QED) is 0.216. The van der Waals surface area contributed by atoms with Crippen molar-refractivity contribution < 1.29 is 4.74 Å². The van der Waals surface area contributed by atoms with Gasteiger partial charge in [0.05, 0.1) is 17.0 Å². The first-order valence-corrected chi connectivity index (χ1v) is 15.5. The second-order valence-electron chi connectivity index (χ2n) is 11.9. The minimum absolute atomic E-state index is 0.198. The molecule has 1 aliphatic carbocycles. The molecule has 5 heteroatoms. The van der Waals surface area contributed by atoms with E-state index in [1.54, 1.807) is 0 Å². The van der Waals surface area contributed by atoms with Gasteiger partial charge in [-0.15, -0.1) is 0 Å². The lowest BCUT2D eigenvalue weighted by Crippen LogP contribution is -2.45. The van der Waals surface area contributed by atoms with Crippen molar-refractivity contribution in [3.8, 4) is 28.7 Å². The summed E-state index contributed by atoms with van der Waals surface area (Å²) >= 11 is 0. The van der Waals surface area contributed by atoms with Crippen molar-refractivity contribution in [1.29, 1.82) is 5.26 Å². The van der Waals surface area contributed by atoms with Crippen molar-refractivity contribution in [2.24, 2.45) is 4.99 Å². The van der Waals surface area contributed by atoms with E-state index in [0.717, 1.165) is 61.8 Å². The van der Waals surface area contributed by atoms with Gasteiger partial charge >= 0.3 is 0 Å². The van der Waals surface area contributed by atoms with Gasteiger partial charge in [0.2, 0.25) is 0 Å². The largest absolute Gasteiger partial charge is 0.457 e. The summed E-state index contributed by atoms with van der Waals surface area (Å²) in [6, 6.07) is 52.5. The van der Waals surface area contributed by atoms with Crippen molar-refractivity contribution in [1.82, 2.24) is 10.6 Å². The highest BCUT2D eigenvalue weighted by Crippen LogP contribution is 2.62. The van der Waals surface area contributed by atoms with E-state index < -0.39 is 5.41 Å². The molecular weight excluding hydrogens is 564 g/mol. The highest BCUT2D eigenvalue weighted by Gasteiger charge is 2.51. The fourth-order valence-corrected chi connectivity index (χ4v) is 7.45. The first-order chi connectivity index (χ1) is 22.7. The Labute approximate surface area is 267 Å². The number of rotatable bonds is 3. The van der Waals surface area contributed by atoms with Crippen LogP contribution in [0.25, 0.3) is 11.1 Å². The third-order valence-corrected chi connectivity index (χ3v) is 9.45. The van der Waals surface area contributed by atoms with E-state index in [1.165, 1.54) is 5.56 Å².